The maximum Gasteiger partial charge on any atom is 0.248 e. The second-order valence-electron chi connectivity index (χ2n) is 30.6. The normalized spacial score (nSPS) is 25.5. The van der Waals surface area contributed by atoms with Gasteiger partial charge in [0.25, 0.3) is 0 Å². The summed E-state index contributed by atoms with van der Waals surface area (Å²) in [6.45, 7) is 6.99. The number of primary amides is 1. The molecule has 0 aromatic heterocycles. The summed E-state index contributed by atoms with van der Waals surface area (Å²) in [7, 11) is 2.68. The number of likely N-dealkylation sites (N-methyl/N-ethyl adjacent to an activating group) is 2. The number of amides is 8. The number of aromatic hydroxyl groups is 3. The highest BCUT2D eigenvalue weighted by Gasteiger charge is 2.52. The number of halogens is 3. The minimum absolute atomic E-state index is 0.00126. The predicted octanol–water partition coefficient (Wildman–Crippen LogP) is 4.63. The maximum atomic E-state index is 16.2. The number of ether oxygens (including phenoxy) is 6. The Balaban J connectivity index is 1.11. The van der Waals surface area contributed by atoms with Crippen molar-refractivity contribution in [2.24, 2.45) is 23.1 Å². The van der Waals surface area contributed by atoms with Crippen molar-refractivity contribution >= 4 is 82.1 Å². The predicted molar refractivity (Wildman–Crippen MR) is 441 cm³/mol. The lowest BCUT2D eigenvalue weighted by molar-refractivity contribution is -0.331. The van der Waals surface area contributed by atoms with Crippen LogP contribution in [0, 0.1) is 5.92 Å². The van der Waals surface area contributed by atoms with Gasteiger partial charge >= 0.3 is 0 Å². The Morgan fingerprint density at radius 3 is 1.94 bits per heavy atom. The van der Waals surface area contributed by atoms with Gasteiger partial charge in [-0.3, -0.25) is 38.4 Å². The molecule has 0 saturated carbocycles. The minimum atomic E-state index is -2.29. The first-order valence-electron chi connectivity index (χ1n) is 39.1. The number of benzene rings is 7. The number of hydrogen-bond acceptors (Lipinski definition) is 26. The summed E-state index contributed by atoms with van der Waals surface area (Å²) in [5.41, 5.74) is 17.3. The van der Waals surface area contributed by atoms with Gasteiger partial charge in [-0.15, -0.1) is 0 Å². The van der Waals surface area contributed by atoms with Crippen molar-refractivity contribution in [1.29, 1.82) is 0 Å². The summed E-state index contributed by atoms with van der Waals surface area (Å²) < 4.78 is 40.0. The average molecular weight is 1740 g/mol. The van der Waals surface area contributed by atoms with Crippen LogP contribution in [-0.4, -0.2) is 195 Å². The molecule has 648 valence electrons. The Labute approximate surface area is 710 Å². The van der Waals surface area contributed by atoms with E-state index in [1.54, 1.807) is 26.0 Å². The van der Waals surface area contributed by atoms with E-state index in [-0.39, 0.29) is 87.8 Å². The number of carbonyl (C=O) groups excluding carboxylic acids is 8. The molecule has 0 radical (unpaired) electrons. The van der Waals surface area contributed by atoms with E-state index >= 15 is 14.4 Å². The van der Waals surface area contributed by atoms with E-state index in [0.29, 0.717) is 17.9 Å². The molecule has 2 saturated heterocycles. The highest BCUT2D eigenvalue weighted by Crippen LogP contribution is 2.50. The van der Waals surface area contributed by atoms with Gasteiger partial charge in [0.2, 0.25) is 59.3 Å². The van der Waals surface area contributed by atoms with Crippen molar-refractivity contribution in [3.8, 4) is 68.2 Å². The largest absolute Gasteiger partial charge is 0.508 e. The van der Waals surface area contributed by atoms with Crippen LogP contribution in [0.2, 0.25) is 15.1 Å². The van der Waals surface area contributed by atoms with E-state index in [1.807, 2.05) is 50.2 Å². The highest BCUT2D eigenvalue weighted by atomic mass is 35.5. The summed E-state index contributed by atoms with van der Waals surface area (Å²) >= 11 is 20.6. The molecular weight excluding hydrogens is 1640 g/mol. The molecule has 8 amide bonds. The molecule has 37 heteroatoms. The SMILES string of the molecule is CNC(=O)C1NC(=O)[C@@H]2NC(=O)[C@H](CC(N)=O)NC(=O)[C@H](NC(=O)[C@@H](CC(C)C)NC)[C@H](O)c3ccc(c(Cl)c3)Oc3cc2cc(c3OC2OC(CN)C(O)C(O)C2OC2CC(C)(NCc3ccc(-c4ccc(Cl)cc4)cc3)C(O)C(C)O2)Oc2ccc(cc2Cl)[C@@H](O)CC(=O)N[C@@H](C(=O)NCCCCN)c2cc(O)cc(O)c2-c2cc1ccc2O. The average Bonchev–Trinajstić information content (AvgIpc) is 0.765. The first-order chi connectivity index (χ1) is 57.6. The third kappa shape index (κ3) is 21.7. The van der Waals surface area contributed by atoms with Gasteiger partial charge in [0.15, 0.2) is 23.9 Å². The first-order valence-corrected chi connectivity index (χ1v) is 40.2. The number of rotatable bonds is 22. The monoisotopic (exact) mass is 1730 g/mol. The van der Waals surface area contributed by atoms with Crippen molar-refractivity contribution in [2.75, 3.05) is 33.7 Å². The summed E-state index contributed by atoms with van der Waals surface area (Å²) in [6.07, 6.45) is -17.4. The Morgan fingerprint density at radius 1 is 0.678 bits per heavy atom. The van der Waals surface area contributed by atoms with Crippen LogP contribution in [0.5, 0.6) is 46.0 Å². The number of phenolic OH excluding ortho intramolecular Hbond substituents is 3. The van der Waals surface area contributed by atoms with Crippen LogP contribution < -0.4 is 79.3 Å². The van der Waals surface area contributed by atoms with Gasteiger partial charge in [-0.1, -0.05) is 103 Å². The topological polar surface area (TPSA) is 540 Å². The molecule has 7 aromatic carbocycles. The fourth-order valence-electron chi connectivity index (χ4n) is 14.8. The van der Waals surface area contributed by atoms with Crippen molar-refractivity contribution < 1.29 is 108 Å². The fraction of sp³-hybridized carbons (Fsp3) is 0.405. The van der Waals surface area contributed by atoms with Crippen LogP contribution in [0.25, 0.3) is 22.3 Å². The number of aliphatic hydroxyl groups is 5. The second-order valence-corrected chi connectivity index (χ2v) is 31.9. The number of aliphatic hydroxyl groups excluding tert-OH is 5. The molecule has 6 aliphatic heterocycles. The fourth-order valence-corrected chi connectivity index (χ4v) is 15.4. The van der Waals surface area contributed by atoms with Gasteiger partial charge < -0.3 is 134 Å². The van der Waals surface area contributed by atoms with E-state index in [0.717, 1.165) is 59.2 Å². The third-order valence-corrected chi connectivity index (χ3v) is 22.2. The molecule has 0 spiro atoms. The maximum absolute atomic E-state index is 16.2. The van der Waals surface area contributed by atoms with E-state index in [1.165, 1.54) is 50.5 Å². The van der Waals surface area contributed by atoms with Crippen LogP contribution in [0.1, 0.15) is 130 Å². The molecule has 6 aliphatic rings. The number of hydrogen-bond donors (Lipinski definition) is 20. The Hall–Kier alpha value is -10.5. The molecule has 9 bridgehead atoms. The smallest absolute Gasteiger partial charge is 0.248 e. The van der Waals surface area contributed by atoms with Crippen molar-refractivity contribution in [2.45, 2.75) is 176 Å². The number of fused-ring (bicyclic) bond motifs is 16. The summed E-state index contributed by atoms with van der Waals surface area (Å²) in [5, 5.41) is 120. The van der Waals surface area contributed by atoms with Gasteiger partial charge in [0.05, 0.1) is 47.2 Å². The van der Waals surface area contributed by atoms with E-state index in [2.05, 4.69) is 47.9 Å². The van der Waals surface area contributed by atoms with E-state index in [4.69, 9.17) is 80.4 Å². The standard InChI is InChI=1S/C84H99Cl3N12O22/c1-38(2)25-53(91-5)77(110)99-70-71(106)45-17-22-59(52(87)28-45)118-61-30-46-29-60(74(61)121-83-75(73(108)72(107)62(36-89)119-83)120-65-35-84(4,76(109)39(3)116-65)94-37-40-9-11-41(12-10-40)42-13-18-47(85)19-14-42)117-58-21-16-43(27-51(58)86)56(102)34-64(105)96-69(80(113)93-24-8-7-23-88)50-31-48(100)32-57(103)66(50)49-26-44(15-20-55(49)101)67(79(112)92-6)98-81(114)68(46)97-78(111)54(33-63(90)104)95-82(70)115/h9-22,26-32,38-39,53-54,56,62,65,67-73,75-76,83,91,94,100-103,106-109H,7-8,23-25,33-37,88-89H2,1-6H3,(H2,90,104)(H,92,112)(H,93,113)(H,95,115)(H,96,105)(H,97,111)(H,98,114)(H,99,110)/t39?,53-,54+,56+,62?,65?,67?,68-,69-,70-,71-,72?,73?,75?,76?,83?,84?/m1/s1. The van der Waals surface area contributed by atoms with Crippen molar-refractivity contribution in [3.05, 3.63) is 176 Å². The zero-order chi connectivity index (χ0) is 87.6. The van der Waals surface area contributed by atoms with Crippen LogP contribution in [-0.2, 0) is 59.1 Å². The van der Waals surface area contributed by atoms with Crippen LogP contribution in [0.4, 0.5) is 0 Å². The number of unbranched alkanes of at least 4 members (excludes halogenated alkanes) is 1. The molecule has 10 unspecified atom stereocenters. The van der Waals surface area contributed by atoms with Crippen LogP contribution >= 0.6 is 34.8 Å². The van der Waals surface area contributed by atoms with Gasteiger partial charge in [0, 0.05) is 60.9 Å². The quantitative estimate of drug-likeness (QED) is 0.0411. The molecule has 13 rings (SSSR count). The lowest BCUT2D eigenvalue weighted by Gasteiger charge is -2.48. The lowest BCUT2D eigenvalue weighted by atomic mass is 9.84. The molecule has 17 atom stereocenters. The molecule has 7 aromatic rings. The zero-order valence-electron chi connectivity index (χ0n) is 66.7. The zero-order valence-corrected chi connectivity index (χ0v) is 68.9. The molecule has 23 N–H and O–H groups in total. The Morgan fingerprint density at radius 2 is 1.32 bits per heavy atom. The molecule has 34 nitrogen and oxygen atoms in total. The Kier molecular flexibility index (Phi) is 30.2. The molecule has 0 aliphatic carbocycles. The lowest BCUT2D eigenvalue weighted by Crippen LogP contribution is -2.65. The summed E-state index contributed by atoms with van der Waals surface area (Å²) in [5.74, 6) is -13.6. The van der Waals surface area contributed by atoms with E-state index in [9.17, 15) is 64.8 Å². The summed E-state index contributed by atoms with van der Waals surface area (Å²) in [6, 6.07) is 18.5. The van der Waals surface area contributed by atoms with Crippen molar-refractivity contribution in [1.82, 2.24) is 47.9 Å². The van der Waals surface area contributed by atoms with Crippen molar-refractivity contribution in [3.63, 3.8) is 0 Å². The number of carbonyl (C=O) groups is 8. The minimum Gasteiger partial charge on any atom is -0.508 e. The molecule has 121 heavy (non-hydrogen) atoms. The highest BCUT2D eigenvalue weighted by molar-refractivity contribution is 6.32. The number of nitrogens with two attached hydrogens (primary N) is 3. The Bertz CT molecular complexity index is 4960. The molecule has 6 heterocycles. The van der Waals surface area contributed by atoms with Crippen LogP contribution in [0.3, 0.4) is 0 Å². The number of phenols is 3. The van der Waals surface area contributed by atoms with Gasteiger partial charge in [-0.05, 0) is 164 Å². The third-order valence-electron chi connectivity index (χ3n) is 21.4. The van der Waals surface area contributed by atoms with Gasteiger partial charge in [0.1, 0.15) is 83.4 Å². The molecule has 2 fully saturated rings. The summed E-state index contributed by atoms with van der Waals surface area (Å²) in [4.78, 5) is 118. The van der Waals surface area contributed by atoms with Gasteiger partial charge in [-0.2, -0.15) is 0 Å². The van der Waals surface area contributed by atoms with E-state index < -0.39 is 215 Å². The second kappa shape index (κ2) is 40.0. The number of nitrogens with one attached hydrogen (secondary N) is 9. The molecular formula is C84H99Cl3N12O22. The first kappa shape index (κ1) is 91.2. The van der Waals surface area contributed by atoms with Crippen LogP contribution in [0.15, 0.2) is 127 Å². The van der Waals surface area contributed by atoms with Gasteiger partial charge in [-0.25, -0.2) is 0 Å².